The second-order valence-corrected chi connectivity index (χ2v) is 9.50. The van der Waals surface area contributed by atoms with Crippen molar-refractivity contribution in [1.82, 2.24) is 15.1 Å². The topological polar surface area (TPSA) is 105 Å². The lowest BCUT2D eigenvalue weighted by Gasteiger charge is -2.29. The van der Waals surface area contributed by atoms with Crippen LogP contribution in [0, 0.1) is 0 Å². The minimum Gasteiger partial charge on any atom is -0.495 e. The van der Waals surface area contributed by atoms with Crippen LogP contribution in [0.2, 0.25) is 0 Å². The molecule has 2 aromatic rings. The largest absolute Gasteiger partial charge is 0.495 e. The molecule has 4 amide bonds. The molecule has 1 N–H and O–H groups in total. The van der Waals surface area contributed by atoms with E-state index in [4.69, 9.17) is 9.47 Å². The molecule has 2 aromatic carbocycles. The summed E-state index contributed by atoms with van der Waals surface area (Å²) in [6.45, 7) is 2.08. The van der Waals surface area contributed by atoms with Crippen LogP contribution >= 0.6 is 0 Å². The fraction of sp³-hybridized carbons (Fsp3) is 0.360. The van der Waals surface area contributed by atoms with Gasteiger partial charge in [-0.05, 0) is 29.7 Å². The highest BCUT2D eigenvalue weighted by atomic mass is 16.5. The van der Waals surface area contributed by atoms with Gasteiger partial charge in [0.15, 0.2) is 7.85 Å². The Morgan fingerprint density at radius 1 is 1.17 bits per heavy atom. The van der Waals surface area contributed by atoms with E-state index in [-0.39, 0.29) is 43.3 Å². The van der Waals surface area contributed by atoms with Crippen LogP contribution in [-0.2, 0) is 32.2 Å². The lowest BCUT2D eigenvalue weighted by atomic mass is 9.83. The Labute approximate surface area is 210 Å². The Morgan fingerprint density at radius 2 is 2.00 bits per heavy atom. The molecular formula is C25H27B2N3O6. The Morgan fingerprint density at radius 3 is 2.75 bits per heavy atom. The van der Waals surface area contributed by atoms with Crippen molar-refractivity contribution in [2.75, 3.05) is 19.8 Å². The summed E-state index contributed by atoms with van der Waals surface area (Å²) in [5.74, 6) is -0.367. The van der Waals surface area contributed by atoms with E-state index in [1.54, 1.807) is 12.1 Å². The average molecular weight is 487 g/mol. The molecule has 11 heteroatoms. The minimum atomic E-state index is -0.665. The molecule has 2 atom stereocenters. The molecule has 2 fully saturated rings. The number of piperidine rings is 1. The van der Waals surface area contributed by atoms with Crippen LogP contribution in [0.3, 0.4) is 0 Å². The fourth-order valence-electron chi connectivity index (χ4n) is 5.00. The number of nitrogens with one attached hydrogen (secondary N) is 1. The van der Waals surface area contributed by atoms with Crippen LogP contribution in [-0.4, -0.2) is 74.9 Å². The number of amides is 4. The SMILES string of the molecule is Bc1cc(C(B)Oc2cccc3c2CN(C2CCC(=O)NC2=O)C3=O)ccc1CN1CCOCC1=O. The van der Waals surface area contributed by atoms with Gasteiger partial charge in [-0.15, -0.1) is 0 Å². The van der Waals surface area contributed by atoms with Crippen molar-refractivity contribution in [2.45, 2.75) is 38.0 Å². The van der Waals surface area contributed by atoms with E-state index in [0.717, 1.165) is 22.2 Å². The van der Waals surface area contributed by atoms with Crippen molar-refractivity contribution in [3.05, 3.63) is 58.7 Å². The number of nitrogens with zero attached hydrogens (tertiary/aromatic N) is 2. The van der Waals surface area contributed by atoms with Crippen molar-refractivity contribution >= 4 is 44.8 Å². The van der Waals surface area contributed by atoms with Crippen molar-refractivity contribution in [3.8, 4) is 5.75 Å². The third-order valence-corrected chi connectivity index (χ3v) is 7.12. The number of benzene rings is 2. The maximum atomic E-state index is 13.1. The first-order chi connectivity index (χ1) is 17.3. The molecule has 9 nitrogen and oxygen atoms in total. The summed E-state index contributed by atoms with van der Waals surface area (Å²) in [5, 5.41) is 2.33. The summed E-state index contributed by atoms with van der Waals surface area (Å²) in [5.41, 5.74) is 4.39. The summed E-state index contributed by atoms with van der Waals surface area (Å²) in [7, 11) is 3.97. The monoisotopic (exact) mass is 487 g/mol. The molecule has 5 rings (SSSR count). The van der Waals surface area contributed by atoms with E-state index >= 15 is 0 Å². The normalized spacial score (nSPS) is 20.8. The maximum absolute atomic E-state index is 13.1. The van der Waals surface area contributed by atoms with Gasteiger partial charge in [-0.1, -0.05) is 29.7 Å². The first-order valence-corrected chi connectivity index (χ1v) is 12.2. The Bertz CT molecular complexity index is 1250. The second-order valence-electron chi connectivity index (χ2n) is 9.50. The van der Waals surface area contributed by atoms with Crippen LogP contribution < -0.4 is 15.5 Å². The number of carbonyl (C=O) groups excluding carboxylic acids is 4. The van der Waals surface area contributed by atoms with Crippen LogP contribution in [0.4, 0.5) is 0 Å². The van der Waals surface area contributed by atoms with Gasteiger partial charge >= 0.3 is 0 Å². The van der Waals surface area contributed by atoms with Gasteiger partial charge in [0.05, 0.1) is 19.2 Å². The number of morpholine rings is 1. The molecule has 3 aliphatic rings. The van der Waals surface area contributed by atoms with Gasteiger partial charge in [0.2, 0.25) is 17.7 Å². The second kappa shape index (κ2) is 9.81. The third-order valence-electron chi connectivity index (χ3n) is 7.12. The number of hydrogen-bond donors (Lipinski definition) is 1. The zero-order valence-electron chi connectivity index (χ0n) is 20.4. The van der Waals surface area contributed by atoms with E-state index in [1.807, 2.05) is 38.8 Å². The van der Waals surface area contributed by atoms with Crippen LogP contribution in [0.25, 0.3) is 0 Å². The highest BCUT2D eigenvalue weighted by molar-refractivity contribution is 6.33. The number of carbonyl (C=O) groups is 4. The van der Waals surface area contributed by atoms with Crippen molar-refractivity contribution in [1.29, 1.82) is 0 Å². The molecule has 184 valence electrons. The zero-order chi connectivity index (χ0) is 25.4. The van der Waals surface area contributed by atoms with Gasteiger partial charge in [-0.25, -0.2) is 0 Å². The Kier molecular flexibility index (Phi) is 6.57. The molecule has 0 radical (unpaired) electrons. The standard InChI is InChI=1S/C25H27B2N3O6/c26-18-10-14(4-5-15(18)11-29-8-9-35-13-22(29)32)23(27)36-20-3-1-2-16-17(20)12-30(25(16)34)19-6-7-21(31)28-24(19)33/h1-5,10,19,23H,6-9,11-13,26-27H2,(H,28,31,33). The van der Waals surface area contributed by atoms with Gasteiger partial charge in [0.1, 0.15) is 26.2 Å². The van der Waals surface area contributed by atoms with Crippen LogP contribution in [0.15, 0.2) is 36.4 Å². The molecule has 0 saturated carbocycles. The molecule has 3 heterocycles. The number of imide groups is 1. The smallest absolute Gasteiger partial charge is 0.255 e. The van der Waals surface area contributed by atoms with Gasteiger partial charge < -0.3 is 19.3 Å². The fourth-order valence-corrected chi connectivity index (χ4v) is 5.00. The first-order valence-electron chi connectivity index (χ1n) is 12.2. The van der Waals surface area contributed by atoms with E-state index < -0.39 is 11.9 Å². The van der Waals surface area contributed by atoms with Gasteiger partial charge in [-0.3, -0.25) is 24.5 Å². The van der Waals surface area contributed by atoms with Gasteiger partial charge in [0.25, 0.3) is 5.91 Å². The van der Waals surface area contributed by atoms with E-state index in [9.17, 15) is 19.2 Å². The number of fused-ring (bicyclic) bond motifs is 1. The maximum Gasteiger partial charge on any atom is 0.255 e. The summed E-state index contributed by atoms with van der Waals surface area (Å²) < 4.78 is 11.5. The average Bonchev–Trinajstić information content (AvgIpc) is 3.19. The minimum absolute atomic E-state index is 0.000240. The molecule has 0 aromatic heterocycles. The molecule has 0 bridgehead atoms. The predicted molar refractivity (Wildman–Crippen MR) is 135 cm³/mol. The number of ether oxygens (including phenoxy) is 2. The molecule has 0 aliphatic carbocycles. The molecule has 2 saturated heterocycles. The quantitative estimate of drug-likeness (QED) is 0.405. The zero-order valence-corrected chi connectivity index (χ0v) is 20.4. The summed E-state index contributed by atoms with van der Waals surface area (Å²) in [4.78, 5) is 52.4. The van der Waals surface area contributed by atoms with E-state index in [0.29, 0.717) is 37.4 Å². The highest BCUT2D eigenvalue weighted by Gasteiger charge is 2.40. The van der Waals surface area contributed by atoms with Crippen molar-refractivity contribution < 1.29 is 28.7 Å². The molecular weight excluding hydrogens is 460 g/mol. The van der Waals surface area contributed by atoms with Crippen LogP contribution in [0.5, 0.6) is 5.75 Å². The predicted octanol–water partition coefficient (Wildman–Crippen LogP) is -1.22. The summed E-state index contributed by atoms with van der Waals surface area (Å²) >= 11 is 0. The van der Waals surface area contributed by atoms with Crippen molar-refractivity contribution in [2.24, 2.45) is 0 Å². The summed E-state index contributed by atoms with van der Waals surface area (Å²) in [6, 6.07) is 10.5. The number of hydrogen-bond acceptors (Lipinski definition) is 6. The molecule has 36 heavy (non-hydrogen) atoms. The first kappa shape index (κ1) is 24.1. The highest BCUT2D eigenvalue weighted by Crippen LogP contribution is 2.35. The Hall–Kier alpha value is -3.59. The van der Waals surface area contributed by atoms with Gasteiger partial charge in [-0.2, -0.15) is 0 Å². The van der Waals surface area contributed by atoms with Crippen molar-refractivity contribution in [3.63, 3.8) is 0 Å². The third kappa shape index (κ3) is 4.63. The lowest BCUT2D eigenvalue weighted by molar-refractivity contribution is -0.143. The van der Waals surface area contributed by atoms with Gasteiger partial charge in [0, 0.05) is 30.6 Å². The number of rotatable bonds is 6. The molecule has 0 spiro atoms. The van der Waals surface area contributed by atoms with E-state index in [1.165, 1.54) is 4.90 Å². The van der Waals surface area contributed by atoms with Crippen LogP contribution in [0.1, 0.15) is 45.9 Å². The Balaban J connectivity index is 1.30. The lowest BCUT2D eigenvalue weighted by Crippen LogP contribution is -2.52. The molecule has 2 unspecified atom stereocenters. The van der Waals surface area contributed by atoms with E-state index in [2.05, 4.69) is 11.4 Å². The summed E-state index contributed by atoms with van der Waals surface area (Å²) in [6.07, 6.45) is 0.532. The molecule has 3 aliphatic heterocycles.